The Morgan fingerprint density at radius 1 is 1.22 bits per heavy atom. The minimum absolute atomic E-state index is 0.132. The summed E-state index contributed by atoms with van der Waals surface area (Å²) in [5.41, 5.74) is 2.67. The largest absolute Gasteiger partial charge is 0.305 e. The van der Waals surface area contributed by atoms with Crippen LogP contribution in [0, 0.1) is 30.1 Å². The molecule has 0 fully saturated rings. The summed E-state index contributed by atoms with van der Waals surface area (Å²) < 4.78 is 0. The first-order chi connectivity index (χ1) is 8.52. The number of likely N-dealkylation sites (N-methyl/N-ethyl adjacent to an activating group) is 1. The first-order valence-electron chi connectivity index (χ1n) is 6.66. The second-order valence-electron chi connectivity index (χ2n) is 5.48. The summed E-state index contributed by atoms with van der Waals surface area (Å²) >= 11 is 0. The van der Waals surface area contributed by atoms with Gasteiger partial charge in [-0.25, -0.2) is 0 Å². The molecule has 1 unspecified atom stereocenters. The van der Waals surface area contributed by atoms with Crippen LogP contribution in [0.15, 0.2) is 24.3 Å². The minimum Gasteiger partial charge on any atom is -0.305 e. The predicted octanol–water partition coefficient (Wildman–Crippen LogP) is 3.27. The van der Waals surface area contributed by atoms with Gasteiger partial charge in [0, 0.05) is 13.1 Å². The van der Waals surface area contributed by atoms with Crippen molar-refractivity contribution in [2.75, 3.05) is 20.1 Å². The Hall–Kier alpha value is -1.33. The highest BCUT2D eigenvalue weighted by atomic mass is 15.1. The van der Waals surface area contributed by atoms with Crippen LogP contribution in [-0.4, -0.2) is 25.0 Å². The van der Waals surface area contributed by atoms with Crippen LogP contribution in [0.1, 0.15) is 25.0 Å². The minimum atomic E-state index is 0.132. The third kappa shape index (κ3) is 4.89. The molecule has 98 valence electrons. The molecule has 18 heavy (non-hydrogen) atoms. The summed E-state index contributed by atoms with van der Waals surface area (Å²) in [7, 11) is 2.10. The van der Waals surface area contributed by atoms with Crippen LogP contribution in [0.5, 0.6) is 0 Å². The molecule has 0 aliphatic rings. The van der Waals surface area contributed by atoms with Crippen LogP contribution >= 0.6 is 0 Å². The molecule has 1 aromatic carbocycles. The number of hydrogen-bond donors (Lipinski definition) is 0. The molecule has 0 amide bonds. The smallest absolute Gasteiger partial charge is 0.0671 e. The second-order valence-corrected chi connectivity index (χ2v) is 5.48. The van der Waals surface area contributed by atoms with Crippen molar-refractivity contribution in [3.8, 4) is 6.07 Å². The van der Waals surface area contributed by atoms with Crippen LogP contribution in [0.4, 0.5) is 0 Å². The van der Waals surface area contributed by atoms with E-state index < -0.39 is 0 Å². The normalized spacial score (nSPS) is 12.7. The van der Waals surface area contributed by atoms with E-state index in [2.05, 4.69) is 63.1 Å². The lowest BCUT2D eigenvalue weighted by Crippen LogP contribution is -2.29. The van der Waals surface area contributed by atoms with Gasteiger partial charge in [0.1, 0.15) is 0 Å². The molecule has 2 heteroatoms. The van der Waals surface area contributed by atoms with Gasteiger partial charge in [-0.3, -0.25) is 0 Å². The summed E-state index contributed by atoms with van der Waals surface area (Å²) in [5.74, 6) is 0.560. The van der Waals surface area contributed by atoms with E-state index in [1.54, 1.807) is 0 Å². The zero-order chi connectivity index (χ0) is 13.5. The van der Waals surface area contributed by atoms with Crippen molar-refractivity contribution in [2.45, 2.75) is 27.2 Å². The summed E-state index contributed by atoms with van der Waals surface area (Å²) in [6.07, 6.45) is 1.05. The number of nitriles is 1. The average molecular weight is 244 g/mol. The molecule has 0 radical (unpaired) electrons. The van der Waals surface area contributed by atoms with Crippen LogP contribution in [-0.2, 0) is 6.42 Å². The van der Waals surface area contributed by atoms with Crippen LogP contribution in [0.3, 0.4) is 0 Å². The van der Waals surface area contributed by atoms with Gasteiger partial charge in [-0.1, -0.05) is 43.7 Å². The van der Waals surface area contributed by atoms with E-state index in [1.807, 2.05) is 0 Å². The second kappa shape index (κ2) is 7.18. The van der Waals surface area contributed by atoms with Gasteiger partial charge >= 0.3 is 0 Å². The maximum absolute atomic E-state index is 9.08. The number of benzene rings is 1. The molecule has 0 spiro atoms. The van der Waals surface area contributed by atoms with Crippen LogP contribution in [0.25, 0.3) is 0 Å². The molecule has 0 aliphatic heterocycles. The Bertz CT molecular complexity index is 387. The van der Waals surface area contributed by atoms with Gasteiger partial charge in [-0.05, 0) is 31.9 Å². The molecule has 0 saturated carbocycles. The molecule has 1 aromatic rings. The van der Waals surface area contributed by atoms with Crippen molar-refractivity contribution in [3.05, 3.63) is 35.4 Å². The van der Waals surface area contributed by atoms with E-state index in [0.29, 0.717) is 5.92 Å². The molecular weight excluding hydrogens is 220 g/mol. The molecule has 0 aliphatic carbocycles. The first kappa shape index (κ1) is 14.7. The van der Waals surface area contributed by atoms with E-state index in [4.69, 9.17) is 5.26 Å². The van der Waals surface area contributed by atoms with Gasteiger partial charge in [0.2, 0.25) is 0 Å². The Kier molecular flexibility index (Phi) is 5.88. The van der Waals surface area contributed by atoms with E-state index in [0.717, 1.165) is 19.5 Å². The number of rotatable bonds is 6. The highest BCUT2D eigenvalue weighted by Gasteiger charge is 2.14. The topological polar surface area (TPSA) is 27.0 Å². The van der Waals surface area contributed by atoms with Gasteiger partial charge in [-0.15, -0.1) is 0 Å². The fraction of sp³-hybridized carbons (Fsp3) is 0.562. The molecule has 2 nitrogen and oxygen atoms in total. The number of nitrogens with zero attached hydrogens (tertiary/aromatic N) is 2. The molecule has 0 heterocycles. The van der Waals surface area contributed by atoms with Gasteiger partial charge in [0.05, 0.1) is 12.0 Å². The zero-order valence-corrected chi connectivity index (χ0v) is 12.0. The number of aryl methyl sites for hydroxylation is 1. The lowest BCUT2D eigenvalue weighted by Gasteiger charge is -2.21. The van der Waals surface area contributed by atoms with Gasteiger partial charge in [0.15, 0.2) is 0 Å². The highest BCUT2D eigenvalue weighted by Crippen LogP contribution is 2.11. The van der Waals surface area contributed by atoms with Crippen molar-refractivity contribution >= 4 is 0 Å². The fourth-order valence-corrected chi connectivity index (χ4v) is 1.90. The Balaban J connectivity index is 2.39. The summed E-state index contributed by atoms with van der Waals surface area (Å²) in [6, 6.07) is 11.1. The quantitative estimate of drug-likeness (QED) is 0.768. The highest BCUT2D eigenvalue weighted by molar-refractivity contribution is 5.21. The fourth-order valence-electron chi connectivity index (χ4n) is 1.90. The van der Waals surface area contributed by atoms with Crippen LogP contribution < -0.4 is 0 Å². The maximum Gasteiger partial charge on any atom is 0.0671 e. The third-order valence-corrected chi connectivity index (χ3v) is 3.38. The average Bonchev–Trinajstić information content (AvgIpc) is 2.35. The molecule has 1 rings (SSSR count). The monoisotopic (exact) mass is 244 g/mol. The van der Waals surface area contributed by atoms with E-state index in [-0.39, 0.29) is 5.92 Å². The van der Waals surface area contributed by atoms with E-state index in [9.17, 15) is 0 Å². The van der Waals surface area contributed by atoms with Crippen molar-refractivity contribution in [1.82, 2.24) is 4.90 Å². The third-order valence-electron chi connectivity index (χ3n) is 3.38. The Morgan fingerprint density at radius 3 is 2.33 bits per heavy atom. The van der Waals surface area contributed by atoms with Crippen molar-refractivity contribution in [2.24, 2.45) is 11.8 Å². The molecule has 0 N–H and O–H groups in total. The molecule has 1 atom stereocenters. The maximum atomic E-state index is 9.08. The van der Waals surface area contributed by atoms with Gasteiger partial charge in [0.25, 0.3) is 0 Å². The van der Waals surface area contributed by atoms with Crippen molar-refractivity contribution < 1.29 is 0 Å². The molecule has 0 aromatic heterocycles. The molecule has 0 saturated heterocycles. The standard InChI is InChI=1S/C16H24N2/c1-13(2)16(11-17)12-18(4)10-9-15-7-5-14(3)6-8-15/h5-8,13,16H,9-10,12H2,1-4H3. The van der Waals surface area contributed by atoms with E-state index >= 15 is 0 Å². The van der Waals surface area contributed by atoms with Crippen molar-refractivity contribution in [1.29, 1.82) is 5.26 Å². The molecule has 0 bridgehead atoms. The summed E-state index contributed by atoms with van der Waals surface area (Å²) in [5, 5.41) is 9.08. The number of hydrogen-bond acceptors (Lipinski definition) is 2. The van der Waals surface area contributed by atoms with Gasteiger partial charge in [-0.2, -0.15) is 5.26 Å². The zero-order valence-electron chi connectivity index (χ0n) is 12.0. The Morgan fingerprint density at radius 2 is 1.83 bits per heavy atom. The first-order valence-corrected chi connectivity index (χ1v) is 6.66. The lowest BCUT2D eigenvalue weighted by atomic mass is 9.97. The lowest BCUT2D eigenvalue weighted by molar-refractivity contribution is 0.275. The summed E-state index contributed by atoms with van der Waals surface area (Å²) in [4.78, 5) is 2.26. The SMILES string of the molecule is Cc1ccc(CCN(C)CC(C#N)C(C)C)cc1. The predicted molar refractivity (Wildman–Crippen MR) is 76.3 cm³/mol. The Labute approximate surface area is 111 Å². The van der Waals surface area contributed by atoms with Gasteiger partial charge < -0.3 is 4.90 Å². The summed E-state index contributed by atoms with van der Waals surface area (Å²) in [6.45, 7) is 8.20. The van der Waals surface area contributed by atoms with Crippen LogP contribution in [0.2, 0.25) is 0 Å². The molecular formula is C16H24N2. The van der Waals surface area contributed by atoms with E-state index in [1.165, 1.54) is 11.1 Å². The van der Waals surface area contributed by atoms with Crippen molar-refractivity contribution in [3.63, 3.8) is 0 Å².